The minimum atomic E-state index is -4.62. The van der Waals surface area contributed by atoms with E-state index in [1.54, 1.807) is 0 Å². The third kappa shape index (κ3) is 5.41. The first-order chi connectivity index (χ1) is 9.64. The average molecular weight is 311 g/mol. The predicted molar refractivity (Wildman–Crippen MR) is 68.9 cm³/mol. The molecular formula is C12H20F3N3O3. The number of carbonyl (C=O) groups is 2. The molecule has 21 heavy (non-hydrogen) atoms. The van der Waals surface area contributed by atoms with Crippen LogP contribution in [0.4, 0.5) is 18.0 Å². The molecule has 0 aromatic heterocycles. The van der Waals surface area contributed by atoms with Crippen molar-refractivity contribution in [3.05, 3.63) is 0 Å². The van der Waals surface area contributed by atoms with Crippen LogP contribution in [-0.2, 0) is 4.79 Å². The molecule has 0 aromatic rings. The fourth-order valence-electron chi connectivity index (χ4n) is 2.33. The van der Waals surface area contributed by atoms with E-state index in [1.807, 2.05) is 18.9 Å². The van der Waals surface area contributed by atoms with Crippen LogP contribution < -0.4 is 0 Å². The second-order valence-corrected chi connectivity index (χ2v) is 5.14. The van der Waals surface area contributed by atoms with Crippen molar-refractivity contribution < 1.29 is 27.9 Å². The summed E-state index contributed by atoms with van der Waals surface area (Å²) in [5.41, 5.74) is 0. The van der Waals surface area contributed by atoms with Crippen LogP contribution >= 0.6 is 0 Å². The Hall–Kier alpha value is -1.51. The van der Waals surface area contributed by atoms with E-state index in [2.05, 4.69) is 0 Å². The van der Waals surface area contributed by atoms with Gasteiger partial charge in [0.05, 0.1) is 0 Å². The molecule has 1 N–H and O–H groups in total. The largest absolute Gasteiger partial charge is 0.480 e. The summed E-state index contributed by atoms with van der Waals surface area (Å²) < 4.78 is 37.4. The number of hydrogen-bond donors (Lipinski definition) is 1. The molecule has 0 spiro atoms. The number of halogens is 3. The fraction of sp³-hybridized carbons (Fsp3) is 0.833. The van der Waals surface area contributed by atoms with Gasteiger partial charge < -0.3 is 14.9 Å². The van der Waals surface area contributed by atoms with Gasteiger partial charge in [-0.05, 0) is 13.5 Å². The standard InChI is InChI=1S/C12H20F3N3O3/c1-3-9-6-17(5-4-16(9)2)11(21)18(7-10(19)20)8-12(13,14)15/h9H,3-8H2,1-2H3,(H,19,20). The first kappa shape index (κ1) is 17.5. The number of aliphatic carboxylic acids is 1. The first-order valence-corrected chi connectivity index (χ1v) is 6.66. The van der Waals surface area contributed by atoms with E-state index < -0.39 is 31.3 Å². The number of nitrogens with zero attached hydrogens (tertiary/aromatic N) is 3. The van der Waals surface area contributed by atoms with Gasteiger partial charge in [-0.1, -0.05) is 6.92 Å². The van der Waals surface area contributed by atoms with E-state index in [0.29, 0.717) is 24.5 Å². The number of amides is 2. The lowest BCUT2D eigenvalue weighted by Gasteiger charge is -2.40. The van der Waals surface area contributed by atoms with Gasteiger partial charge in [-0.15, -0.1) is 0 Å². The SMILES string of the molecule is CCC1CN(C(=O)N(CC(=O)O)CC(F)(F)F)CCN1C. The number of hydrogen-bond acceptors (Lipinski definition) is 3. The van der Waals surface area contributed by atoms with Crippen molar-refractivity contribution >= 4 is 12.0 Å². The van der Waals surface area contributed by atoms with Crippen LogP contribution in [0, 0.1) is 0 Å². The van der Waals surface area contributed by atoms with Gasteiger partial charge in [0, 0.05) is 25.7 Å². The molecule has 6 nitrogen and oxygen atoms in total. The van der Waals surface area contributed by atoms with E-state index in [9.17, 15) is 22.8 Å². The summed E-state index contributed by atoms with van der Waals surface area (Å²) in [5.74, 6) is -1.46. The van der Waals surface area contributed by atoms with Crippen LogP contribution in [0.25, 0.3) is 0 Å². The number of piperazine rings is 1. The van der Waals surface area contributed by atoms with E-state index >= 15 is 0 Å². The summed E-state index contributed by atoms with van der Waals surface area (Å²) in [6.07, 6.45) is -3.86. The molecule has 9 heteroatoms. The number of alkyl halides is 3. The summed E-state index contributed by atoms with van der Waals surface area (Å²) in [6, 6.07) is -0.804. The first-order valence-electron chi connectivity index (χ1n) is 6.66. The van der Waals surface area contributed by atoms with Gasteiger partial charge in [0.2, 0.25) is 0 Å². The molecule has 122 valence electrons. The minimum absolute atomic E-state index is 0.0697. The molecule has 1 unspecified atom stereocenters. The summed E-state index contributed by atoms with van der Waals surface area (Å²) >= 11 is 0. The second kappa shape index (κ2) is 6.97. The number of urea groups is 1. The molecule has 1 aliphatic heterocycles. The molecule has 0 radical (unpaired) electrons. The molecule has 1 aliphatic rings. The lowest BCUT2D eigenvalue weighted by Crippen LogP contribution is -2.57. The van der Waals surface area contributed by atoms with Crippen molar-refractivity contribution in [1.29, 1.82) is 0 Å². The summed E-state index contributed by atoms with van der Waals surface area (Å²) in [7, 11) is 1.89. The lowest BCUT2D eigenvalue weighted by molar-refractivity contribution is -0.150. The van der Waals surface area contributed by atoms with Gasteiger partial charge >= 0.3 is 18.2 Å². The van der Waals surface area contributed by atoms with Crippen LogP contribution in [0.5, 0.6) is 0 Å². The second-order valence-electron chi connectivity index (χ2n) is 5.14. The Kier molecular flexibility index (Phi) is 5.82. The molecule has 0 aliphatic carbocycles. The molecule has 0 saturated carbocycles. The highest BCUT2D eigenvalue weighted by molar-refractivity contribution is 5.80. The molecule has 1 saturated heterocycles. The van der Waals surface area contributed by atoms with Gasteiger partial charge in [-0.25, -0.2) is 4.79 Å². The highest BCUT2D eigenvalue weighted by Gasteiger charge is 2.37. The van der Waals surface area contributed by atoms with Gasteiger partial charge in [-0.3, -0.25) is 9.69 Å². The predicted octanol–water partition coefficient (Wildman–Crippen LogP) is 1.08. The Morgan fingerprint density at radius 3 is 2.43 bits per heavy atom. The normalized spacial score (nSPS) is 20.4. The zero-order valence-electron chi connectivity index (χ0n) is 12.1. The molecule has 1 heterocycles. The van der Waals surface area contributed by atoms with E-state index in [0.717, 1.165) is 6.42 Å². The zero-order valence-corrected chi connectivity index (χ0v) is 12.1. The van der Waals surface area contributed by atoms with E-state index in [1.165, 1.54) is 4.90 Å². The highest BCUT2D eigenvalue weighted by atomic mass is 19.4. The third-order valence-corrected chi connectivity index (χ3v) is 3.49. The number of carboxylic acids is 1. The van der Waals surface area contributed by atoms with Crippen molar-refractivity contribution in [2.24, 2.45) is 0 Å². The number of rotatable bonds is 4. The summed E-state index contributed by atoms with van der Waals surface area (Å²) in [4.78, 5) is 26.5. The Labute approximate surface area is 121 Å². The maximum atomic E-state index is 12.5. The van der Waals surface area contributed by atoms with Crippen LogP contribution in [0.2, 0.25) is 0 Å². The van der Waals surface area contributed by atoms with Crippen LogP contribution in [-0.4, -0.2) is 83.8 Å². The van der Waals surface area contributed by atoms with Crippen molar-refractivity contribution in [2.45, 2.75) is 25.6 Å². The average Bonchev–Trinajstić information content (AvgIpc) is 2.35. The van der Waals surface area contributed by atoms with Gasteiger partial charge in [0.1, 0.15) is 13.1 Å². The Morgan fingerprint density at radius 2 is 1.95 bits per heavy atom. The maximum absolute atomic E-state index is 12.5. The number of likely N-dealkylation sites (N-methyl/N-ethyl adjacent to an activating group) is 1. The van der Waals surface area contributed by atoms with Crippen LogP contribution in [0.15, 0.2) is 0 Å². The summed E-state index contributed by atoms with van der Waals surface area (Å²) in [5, 5.41) is 8.68. The fourth-order valence-corrected chi connectivity index (χ4v) is 2.33. The zero-order chi connectivity index (χ0) is 16.2. The molecule has 1 atom stereocenters. The van der Waals surface area contributed by atoms with Crippen LogP contribution in [0.3, 0.4) is 0 Å². The Morgan fingerprint density at radius 1 is 1.33 bits per heavy atom. The monoisotopic (exact) mass is 311 g/mol. The topological polar surface area (TPSA) is 64.1 Å². The molecule has 0 bridgehead atoms. The molecule has 2 amide bonds. The van der Waals surface area contributed by atoms with E-state index in [4.69, 9.17) is 5.11 Å². The maximum Gasteiger partial charge on any atom is 0.406 e. The highest BCUT2D eigenvalue weighted by Crippen LogP contribution is 2.19. The lowest BCUT2D eigenvalue weighted by atomic mass is 10.1. The Bertz CT molecular complexity index is 390. The van der Waals surface area contributed by atoms with Crippen molar-refractivity contribution in [2.75, 3.05) is 39.8 Å². The molecule has 1 rings (SSSR count). The van der Waals surface area contributed by atoms with Crippen LogP contribution in [0.1, 0.15) is 13.3 Å². The molecule has 1 fully saturated rings. The van der Waals surface area contributed by atoms with Gasteiger partial charge in [0.25, 0.3) is 0 Å². The third-order valence-electron chi connectivity index (χ3n) is 3.49. The van der Waals surface area contributed by atoms with Gasteiger partial charge in [0.15, 0.2) is 0 Å². The van der Waals surface area contributed by atoms with Gasteiger partial charge in [-0.2, -0.15) is 13.2 Å². The quantitative estimate of drug-likeness (QED) is 0.844. The van der Waals surface area contributed by atoms with Crippen molar-refractivity contribution in [1.82, 2.24) is 14.7 Å². The smallest absolute Gasteiger partial charge is 0.406 e. The molecule has 0 aromatic carbocycles. The molecular weight excluding hydrogens is 291 g/mol. The summed E-state index contributed by atoms with van der Waals surface area (Å²) in [6.45, 7) is 0.569. The minimum Gasteiger partial charge on any atom is -0.480 e. The van der Waals surface area contributed by atoms with Crippen molar-refractivity contribution in [3.63, 3.8) is 0 Å². The Balaban J connectivity index is 2.77. The van der Waals surface area contributed by atoms with E-state index in [-0.39, 0.29) is 6.04 Å². The number of carboxylic acid groups (broad SMARTS) is 1. The van der Waals surface area contributed by atoms with Crippen molar-refractivity contribution in [3.8, 4) is 0 Å². The number of carbonyl (C=O) groups excluding carboxylic acids is 1.